The van der Waals surface area contributed by atoms with Crippen LogP contribution < -0.4 is 5.56 Å². The number of esters is 1. The molecule has 0 bridgehead atoms. The summed E-state index contributed by atoms with van der Waals surface area (Å²) < 4.78 is 63.8. The van der Waals surface area contributed by atoms with Crippen LogP contribution in [0.2, 0.25) is 0 Å². The third kappa shape index (κ3) is 4.99. The number of nitrogens with zero attached hydrogens (tertiary/aromatic N) is 2. The SMILES string of the molecule is Cn1cc(C2(c3cccc(Br)c3)N=C(CC(=O)OC(C)(C)C)c3c(F)cccc32)cc(C(F)(F)F)c1=O. The number of benzene rings is 2. The molecule has 1 unspecified atom stereocenters. The molecule has 4 rings (SSSR count). The fourth-order valence-corrected chi connectivity index (χ4v) is 4.91. The number of carbonyl (C=O) groups is 1. The predicted molar refractivity (Wildman–Crippen MR) is 134 cm³/mol. The quantitative estimate of drug-likeness (QED) is 0.276. The molecule has 0 spiro atoms. The van der Waals surface area contributed by atoms with E-state index >= 15 is 4.39 Å². The topological polar surface area (TPSA) is 60.7 Å². The molecule has 0 radical (unpaired) electrons. The van der Waals surface area contributed by atoms with Crippen LogP contribution in [0.25, 0.3) is 0 Å². The first-order valence-corrected chi connectivity index (χ1v) is 12.1. The van der Waals surface area contributed by atoms with Crippen LogP contribution >= 0.6 is 15.9 Å². The third-order valence-electron chi connectivity index (χ3n) is 5.88. The van der Waals surface area contributed by atoms with Crippen molar-refractivity contribution in [3.8, 4) is 0 Å². The number of fused-ring (bicyclic) bond motifs is 1. The maximum absolute atomic E-state index is 15.3. The Morgan fingerprint density at radius 1 is 1.08 bits per heavy atom. The van der Waals surface area contributed by atoms with Crippen LogP contribution in [0.5, 0.6) is 0 Å². The molecule has 0 N–H and O–H groups in total. The number of aliphatic imine (C=N–C) groups is 1. The Morgan fingerprint density at radius 3 is 2.38 bits per heavy atom. The highest BCUT2D eigenvalue weighted by Gasteiger charge is 2.47. The molecule has 1 aromatic heterocycles. The standard InChI is InChI=1S/C27H23BrF4N2O3/c1-25(2,3)37-22(35)13-21-23-18(9-6-10-20(23)29)26(33-21,15-7-5-8-17(28)11-15)16-12-19(27(30,31)32)24(36)34(4)14-16/h5-12,14H,13H2,1-4H3. The van der Waals surface area contributed by atoms with E-state index < -0.39 is 46.6 Å². The Morgan fingerprint density at radius 2 is 1.76 bits per heavy atom. The van der Waals surface area contributed by atoms with Gasteiger partial charge in [0.25, 0.3) is 5.56 Å². The number of carbonyl (C=O) groups excluding carboxylic acids is 1. The largest absolute Gasteiger partial charge is 0.460 e. The predicted octanol–water partition coefficient (Wildman–Crippen LogP) is 6.13. The number of hydrogen-bond acceptors (Lipinski definition) is 4. The summed E-state index contributed by atoms with van der Waals surface area (Å²) >= 11 is 3.39. The van der Waals surface area contributed by atoms with Crippen molar-refractivity contribution in [2.45, 2.75) is 44.5 Å². The minimum absolute atomic E-state index is 0.00827. The lowest BCUT2D eigenvalue weighted by molar-refractivity contribution is -0.153. The number of aromatic nitrogens is 1. The highest BCUT2D eigenvalue weighted by molar-refractivity contribution is 9.10. The average Bonchev–Trinajstić information content (AvgIpc) is 3.09. The molecule has 0 amide bonds. The van der Waals surface area contributed by atoms with Gasteiger partial charge in [-0.2, -0.15) is 13.2 Å². The first kappa shape index (κ1) is 26.8. The van der Waals surface area contributed by atoms with E-state index in [4.69, 9.17) is 9.73 Å². The molecule has 0 fully saturated rings. The molecular formula is C27H23BrF4N2O3. The van der Waals surface area contributed by atoms with E-state index in [2.05, 4.69) is 15.9 Å². The highest BCUT2D eigenvalue weighted by Crippen LogP contribution is 2.48. The van der Waals surface area contributed by atoms with E-state index in [1.54, 1.807) is 51.1 Å². The van der Waals surface area contributed by atoms with Crippen molar-refractivity contribution in [2.24, 2.45) is 12.0 Å². The maximum Gasteiger partial charge on any atom is 0.421 e. The van der Waals surface area contributed by atoms with Crippen LogP contribution in [0.15, 0.2) is 69.0 Å². The molecule has 1 aliphatic heterocycles. The van der Waals surface area contributed by atoms with Crippen LogP contribution in [0.4, 0.5) is 17.6 Å². The van der Waals surface area contributed by atoms with Crippen molar-refractivity contribution in [2.75, 3.05) is 0 Å². The van der Waals surface area contributed by atoms with Gasteiger partial charge in [-0.3, -0.25) is 14.6 Å². The van der Waals surface area contributed by atoms with Gasteiger partial charge < -0.3 is 9.30 Å². The number of halogens is 5. The molecule has 37 heavy (non-hydrogen) atoms. The molecule has 3 aromatic rings. The molecule has 2 heterocycles. The second-order valence-corrected chi connectivity index (χ2v) is 10.7. The van der Waals surface area contributed by atoms with E-state index in [0.29, 0.717) is 10.0 Å². The molecule has 1 aliphatic rings. The molecule has 1 atom stereocenters. The van der Waals surface area contributed by atoms with E-state index in [0.717, 1.165) is 10.6 Å². The van der Waals surface area contributed by atoms with Gasteiger partial charge in [0.05, 0.1) is 12.1 Å². The first-order valence-electron chi connectivity index (χ1n) is 11.3. The minimum atomic E-state index is -4.93. The minimum Gasteiger partial charge on any atom is -0.460 e. The zero-order valence-corrected chi connectivity index (χ0v) is 22.0. The van der Waals surface area contributed by atoms with E-state index in [1.807, 2.05) is 0 Å². The van der Waals surface area contributed by atoms with Gasteiger partial charge in [-0.1, -0.05) is 40.2 Å². The van der Waals surface area contributed by atoms with E-state index in [9.17, 15) is 22.8 Å². The zero-order chi connectivity index (χ0) is 27.3. The fraction of sp³-hybridized carbons (Fsp3) is 0.296. The lowest BCUT2D eigenvalue weighted by Crippen LogP contribution is -2.32. The summed E-state index contributed by atoms with van der Waals surface area (Å²) in [5.74, 6) is -1.35. The van der Waals surface area contributed by atoms with Crippen LogP contribution in [0.1, 0.15) is 55.0 Å². The Hall–Kier alpha value is -3.27. The number of hydrogen-bond donors (Lipinski definition) is 0. The molecule has 0 aliphatic carbocycles. The molecular weight excluding hydrogens is 556 g/mol. The van der Waals surface area contributed by atoms with Crippen molar-refractivity contribution in [3.63, 3.8) is 0 Å². The van der Waals surface area contributed by atoms with Gasteiger partial charge in [-0.25, -0.2) is 4.39 Å². The Bertz CT molecular complexity index is 1490. The van der Waals surface area contributed by atoms with Crippen molar-refractivity contribution in [1.82, 2.24) is 4.57 Å². The second kappa shape index (κ2) is 9.24. The van der Waals surface area contributed by atoms with Gasteiger partial charge >= 0.3 is 12.1 Å². The Kier molecular flexibility index (Phi) is 6.69. The van der Waals surface area contributed by atoms with E-state index in [1.165, 1.54) is 25.4 Å². The molecule has 10 heteroatoms. The van der Waals surface area contributed by atoms with Gasteiger partial charge in [-0.05, 0) is 50.6 Å². The average molecular weight is 579 g/mol. The van der Waals surface area contributed by atoms with Crippen LogP contribution in [0.3, 0.4) is 0 Å². The van der Waals surface area contributed by atoms with Gasteiger partial charge in [0.1, 0.15) is 22.5 Å². The van der Waals surface area contributed by atoms with Crippen LogP contribution in [0, 0.1) is 5.82 Å². The van der Waals surface area contributed by atoms with Crippen molar-refractivity contribution in [1.29, 1.82) is 0 Å². The van der Waals surface area contributed by atoms with Crippen molar-refractivity contribution in [3.05, 3.63) is 103 Å². The van der Waals surface area contributed by atoms with E-state index in [-0.39, 0.29) is 22.4 Å². The van der Waals surface area contributed by atoms with Crippen LogP contribution in [-0.4, -0.2) is 21.8 Å². The smallest absolute Gasteiger partial charge is 0.421 e. The number of rotatable bonds is 4. The lowest BCUT2D eigenvalue weighted by atomic mass is 9.77. The molecule has 5 nitrogen and oxygen atoms in total. The first-order chi connectivity index (χ1) is 17.1. The van der Waals surface area contributed by atoms with Crippen LogP contribution in [-0.2, 0) is 28.3 Å². The van der Waals surface area contributed by atoms with Gasteiger partial charge in [0, 0.05) is 34.4 Å². The normalized spacial score (nSPS) is 17.4. The fourth-order valence-electron chi connectivity index (χ4n) is 4.51. The number of aryl methyl sites for hydroxylation is 1. The summed E-state index contributed by atoms with van der Waals surface area (Å²) in [6, 6.07) is 11.6. The summed E-state index contributed by atoms with van der Waals surface area (Å²) in [5, 5.41) is 0. The van der Waals surface area contributed by atoms with Crippen molar-refractivity contribution >= 4 is 27.6 Å². The summed E-state index contributed by atoms with van der Waals surface area (Å²) in [5.41, 5.74) is -4.40. The maximum atomic E-state index is 15.3. The highest BCUT2D eigenvalue weighted by atomic mass is 79.9. The Balaban J connectivity index is 2.08. The monoisotopic (exact) mass is 578 g/mol. The molecule has 0 saturated heterocycles. The number of pyridine rings is 1. The zero-order valence-electron chi connectivity index (χ0n) is 20.4. The molecule has 2 aromatic carbocycles. The van der Waals surface area contributed by atoms with Crippen molar-refractivity contribution < 1.29 is 27.1 Å². The summed E-state index contributed by atoms with van der Waals surface area (Å²) in [7, 11) is 1.21. The Labute approximate surface area is 218 Å². The second-order valence-electron chi connectivity index (χ2n) is 9.76. The molecule has 0 saturated carbocycles. The van der Waals surface area contributed by atoms with Gasteiger partial charge in [0.2, 0.25) is 0 Å². The lowest BCUT2D eigenvalue weighted by Gasteiger charge is -2.30. The number of alkyl halides is 3. The number of ether oxygens (including phenoxy) is 1. The summed E-state index contributed by atoms with van der Waals surface area (Å²) in [6.45, 7) is 5.06. The van der Waals surface area contributed by atoms with Gasteiger partial charge in [0.15, 0.2) is 0 Å². The summed E-state index contributed by atoms with van der Waals surface area (Å²) in [6.07, 6.45) is -4.08. The summed E-state index contributed by atoms with van der Waals surface area (Å²) in [4.78, 5) is 29.9. The third-order valence-corrected chi connectivity index (χ3v) is 6.37. The van der Waals surface area contributed by atoms with Gasteiger partial charge in [-0.15, -0.1) is 0 Å². The molecule has 194 valence electrons.